The minimum atomic E-state index is 0.838. The molecule has 3 aromatic rings. The Hall–Kier alpha value is -2.17. The average molecular weight is 381 g/mol. The third kappa shape index (κ3) is 5.97. The van der Waals surface area contributed by atoms with Crippen LogP contribution in [-0.2, 0) is 19.4 Å². The molecule has 26 heavy (non-hydrogen) atoms. The molecule has 0 fully saturated rings. The van der Waals surface area contributed by atoms with Gasteiger partial charge in [-0.15, -0.1) is 11.3 Å². The molecular formula is C22H24N2S2. The molecule has 0 aliphatic rings. The molecule has 1 aromatic heterocycles. The summed E-state index contributed by atoms with van der Waals surface area (Å²) in [5.74, 6) is 0. The Morgan fingerprint density at radius 2 is 1.50 bits per heavy atom. The van der Waals surface area contributed by atoms with Crippen molar-refractivity contribution in [1.82, 2.24) is 10.2 Å². The highest BCUT2D eigenvalue weighted by Crippen LogP contribution is 2.13. The lowest BCUT2D eigenvalue weighted by Crippen LogP contribution is -2.41. The highest BCUT2D eigenvalue weighted by molar-refractivity contribution is 7.80. The fraction of sp³-hybridized carbons (Fsp3) is 0.227. The Balaban J connectivity index is 1.55. The minimum absolute atomic E-state index is 0.838. The Bertz CT molecular complexity index is 770. The van der Waals surface area contributed by atoms with Crippen LogP contribution in [-0.4, -0.2) is 23.1 Å². The summed E-state index contributed by atoms with van der Waals surface area (Å²) >= 11 is 7.48. The van der Waals surface area contributed by atoms with Crippen LogP contribution in [0.25, 0.3) is 0 Å². The molecule has 0 radical (unpaired) electrons. The van der Waals surface area contributed by atoms with Crippen molar-refractivity contribution in [3.05, 3.63) is 94.2 Å². The highest BCUT2D eigenvalue weighted by Gasteiger charge is 2.11. The van der Waals surface area contributed by atoms with Gasteiger partial charge in [0.25, 0.3) is 0 Å². The topological polar surface area (TPSA) is 15.3 Å². The molecule has 134 valence electrons. The van der Waals surface area contributed by atoms with E-state index >= 15 is 0 Å². The maximum Gasteiger partial charge on any atom is 0.169 e. The summed E-state index contributed by atoms with van der Waals surface area (Å²) in [6.07, 6.45) is 1.97. The number of hydrogen-bond donors (Lipinski definition) is 1. The Kier molecular flexibility index (Phi) is 7.23. The second-order valence-corrected chi connectivity index (χ2v) is 7.62. The van der Waals surface area contributed by atoms with Crippen molar-refractivity contribution in [3.63, 3.8) is 0 Å². The molecule has 0 spiro atoms. The monoisotopic (exact) mass is 380 g/mol. The number of benzene rings is 2. The standard InChI is InChI=1S/C22H24N2S2/c25-22(23-15-13-19-8-3-1-4-9-19)24(18-21-12-7-17-26-21)16-14-20-10-5-2-6-11-20/h1-12,17H,13-16,18H2,(H,23,25). The lowest BCUT2D eigenvalue weighted by Gasteiger charge is -2.25. The number of rotatable bonds is 8. The van der Waals surface area contributed by atoms with E-state index in [0.717, 1.165) is 37.6 Å². The van der Waals surface area contributed by atoms with E-state index in [1.165, 1.54) is 16.0 Å². The van der Waals surface area contributed by atoms with Gasteiger partial charge in [-0.2, -0.15) is 0 Å². The zero-order valence-electron chi connectivity index (χ0n) is 14.8. The van der Waals surface area contributed by atoms with Crippen LogP contribution in [0.4, 0.5) is 0 Å². The fourth-order valence-electron chi connectivity index (χ4n) is 2.82. The SMILES string of the molecule is S=C(NCCc1ccccc1)N(CCc1ccccc1)Cc1cccs1. The van der Waals surface area contributed by atoms with E-state index < -0.39 is 0 Å². The maximum atomic E-state index is 5.70. The number of hydrogen-bond acceptors (Lipinski definition) is 2. The molecule has 3 rings (SSSR count). The lowest BCUT2D eigenvalue weighted by molar-refractivity contribution is 0.413. The molecule has 4 heteroatoms. The van der Waals surface area contributed by atoms with Crippen LogP contribution in [0.1, 0.15) is 16.0 Å². The fourth-order valence-corrected chi connectivity index (χ4v) is 3.80. The van der Waals surface area contributed by atoms with Crippen LogP contribution in [0.5, 0.6) is 0 Å². The number of nitrogens with one attached hydrogen (secondary N) is 1. The molecule has 2 aromatic carbocycles. The summed E-state index contributed by atoms with van der Waals surface area (Å²) in [5, 5.41) is 6.40. The van der Waals surface area contributed by atoms with E-state index in [1.807, 2.05) is 6.07 Å². The van der Waals surface area contributed by atoms with Gasteiger partial charge in [-0.1, -0.05) is 66.7 Å². The van der Waals surface area contributed by atoms with Crippen molar-refractivity contribution in [2.24, 2.45) is 0 Å². The molecule has 0 amide bonds. The molecule has 2 nitrogen and oxygen atoms in total. The molecule has 1 N–H and O–H groups in total. The lowest BCUT2D eigenvalue weighted by atomic mass is 10.1. The maximum absolute atomic E-state index is 5.70. The first-order valence-electron chi connectivity index (χ1n) is 8.94. The van der Waals surface area contributed by atoms with Crippen LogP contribution >= 0.6 is 23.6 Å². The van der Waals surface area contributed by atoms with Crippen molar-refractivity contribution in [1.29, 1.82) is 0 Å². The van der Waals surface area contributed by atoms with Gasteiger partial charge >= 0.3 is 0 Å². The number of nitrogens with zero attached hydrogens (tertiary/aromatic N) is 1. The van der Waals surface area contributed by atoms with E-state index in [4.69, 9.17) is 12.2 Å². The molecule has 0 saturated carbocycles. The zero-order valence-corrected chi connectivity index (χ0v) is 16.4. The third-order valence-corrected chi connectivity index (χ3v) is 5.52. The molecule has 0 saturated heterocycles. The van der Waals surface area contributed by atoms with Gasteiger partial charge in [0.1, 0.15) is 0 Å². The zero-order chi connectivity index (χ0) is 18.0. The molecular weight excluding hydrogens is 356 g/mol. The summed E-state index contributed by atoms with van der Waals surface area (Å²) in [6, 6.07) is 25.4. The highest BCUT2D eigenvalue weighted by atomic mass is 32.1. The second-order valence-electron chi connectivity index (χ2n) is 6.20. The predicted octanol–water partition coefficient (Wildman–Crippen LogP) is 4.91. The van der Waals surface area contributed by atoms with Gasteiger partial charge in [0.2, 0.25) is 0 Å². The first-order chi connectivity index (χ1) is 12.8. The van der Waals surface area contributed by atoms with Crippen molar-refractivity contribution in [3.8, 4) is 0 Å². The van der Waals surface area contributed by atoms with Crippen molar-refractivity contribution in [2.45, 2.75) is 19.4 Å². The molecule has 0 aliphatic carbocycles. The Labute approximate surface area is 165 Å². The van der Waals surface area contributed by atoms with Crippen molar-refractivity contribution >= 4 is 28.7 Å². The normalized spacial score (nSPS) is 10.5. The van der Waals surface area contributed by atoms with E-state index in [9.17, 15) is 0 Å². The van der Waals surface area contributed by atoms with Crippen molar-refractivity contribution < 1.29 is 0 Å². The first-order valence-corrected chi connectivity index (χ1v) is 10.2. The van der Waals surface area contributed by atoms with Gasteiger partial charge in [-0.25, -0.2) is 0 Å². The quantitative estimate of drug-likeness (QED) is 0.559. The van der Waals surface area contributed by atoms with Crippen LogP contribution in [0.3, 0.4) is 0 Å². The van der Waals surface area contributed by atoms with Gasteiger partial charge < -0.3 is 10.2 Å². The van der Waals surface area contributed by atoms with Crippen LogP contribution in [0, 0.1) is 0 Å². The summed E-state index contributed by atoms with van der Waals surface area (Å²) in [7, 11) is 0. The minimum Gasteiger partial charge on any atom is -0.362 e. The Morgan fingerprint density at radius 3 is 2.12 bits per heavy atom. The molecule has 0 aliphatic heterocycles. The van der Waals surface area contributed by atoms with Crippen LogP contribution in [0.15, 0.2) is 78.2 Å². The van der Waals surface area contributed by atoms with Gasteiger partial charge in [-0.05, 0) is 47.6 Å². The number of thiophene rings is 1. The summed E-state index contributed by atoms with van der Waals surface area (Å²) in [4.78, 5) is 3.62. The summed E-state index contributed by atoms with van der Waals surface area (Å²) < 4.78 is 0. The van der Waals surface area contributed by atoms with E-state index in [1.54, 1.807) is 11.3 Å². The van der Waals surface area contributed by atoms with Gasteiger partial charge in [-0.3, -0.25) is 0 Å². The van der Waals surface area contributed by atoms with Gasteiger partial charge in [0.15, 0.2) is 5.11 Å². The van der Waals surface area contributed by atoms with Crippen molar-refractivity contribution in [2.75, 3.05) is 13.1 Å². The molecule has 0 atom stereocenters. The molecule has 1 heterocycles. The molecule has 0 bridgehead atoms. The second kappa shape index (κ2) is 10.1. The van der Waals surface area contributed by atoms with E-state index in [0.29, 0.717) is 0 Å². The van der Waals surface area contributed by atoms with Crippen LogP contribution < -0.4 is 5.32 Å². The van der Waals surface area contributed by atoms with Gasteiger partial charge in [0.05, 0.1) is 6.54 Å². The van der Waals surface area contributed by atoms with Gasteiger partial charge in [0, 0.05) is 18.0 Å². The number of thiocarbonyl (C=S) groups is 1. The summed E-state index contributed by atoms with van der Waals surface area (Å²) in [5.41, 5.74) is 2.67. The largest absolute Gasteiger partial charge is 0.362 e. The smallest absolute Gasteiger partial charge is 0.169 e. The Morgan fingerprint density at radius 1 is 0.846 bits per heavy atom. The van der Waals surface area contributed by atoms with E-state index in [2.05, 4.69) is 82.3 Å². The predicted molar refractivity (Wildman–Crippen MR) is 116 cm³/mol. The summed E-state index contributed by atoms with van der Waals surface area (Å²) in [6.45, 7) is 2.63. The first kappa shape index (κ1) is 18.6. The average Bonchev–Trinajstić information content (AvgIpc) is 3.20. The molecule has 0 unspecified atom stereocenters. The third-order valence-electron chi connectivity index (χ3n) is 4.26. The van der Waals surface area contributed by atoms with Crippen LogP contribution in [0.2, 0.25) is 0 Å². The van der Waals surface area contributed by atoms with E-state index in [-0.39, 0.29) is 0 Å².